The van der Waals surface area contributed by atoms with Gasteiger partial charge in [0.25, 0.3) is 0 Å². The van der Waals surface area contributed by atoms with E-state index in [9.17, 15) is 18.5 Å². The number of para-hydroxylation sites is 1. The van der Waals surface area contributed by atoms with Gasteiger partial charge < -0.3 is 24.5 Å². The molecule has 3 unspecified atom stereocenters. The summed E-state index contributed by atoms with van der Waals surface area (Å²) in [5.41, 5.74) is 4.99. The van der Waals surface area contributed by atoms with Crippen LogP contribution in [0.1, 0.15) is 142 Å². The van der Waals surface area contributed by atoms with Gasteiger partial charge in [-0.3, -0.25) is 18.7 Å². The zero-order valence-corrected chi connectivity index (χ0v) is 38.5. The molecule has 3 N–H and O–H groups in total. The van der Waals surface area contributed by atoms with Crippen LogP contribution in [-0.4, -0.2) is 61.9 Å². The summed E-state index contributed by atoms with van der Waals surface area (Å²) in [4.78, 5) is 38.8. The number of anilines is 1. The van der Waals surface area contributed by atoms with Crippen LogP contribution in [0.15, 0.2) is 67.0 Å². The van der Waals surface area contributed by atoms with Gasteiger partial charge in [-0.1, -0.05) is 151 Å². The number of aromatic nitrogens is 4. The zero-order chi connectivity index (χ0) is 45.8. The summed E-state index contributed by atoms with van der Waals surface area (Å²) in [5, 5.41) is 2.82. The Hall–Kier alpha value is -4.87. The summed E-state index contributed by atoms with van der Waals surface area (Å²) in [6, 6.07) is 16.2. The first kappa shape index (κ1) is 50.1. The molecule has 0 bridgehead atoms. The molecule has 1 aliphatic heterocycles. The predicted octanol–water partition coefficient (Wildman–Crippen LogP) is 10.4. The zero-order valence-electron chi connectivity index (χ0n) is 37.6. The Morgan fingerprint density at radius 2 is 1.53 bits per heavy atom. The molecule has 0 spiro atoms. The third-order valence-electron chi connectivity index (χ3n) is 11.2. The van der Waals surface area contributed by atoms with Crippen molar-refractivity contribution in [1.82, 2.24) is 24.6 Å². The Kier molecular flexibility index (Phi) is 20.0. The number of carbonyl (C=O) groups excluding carboxylic acids is 2. The van der Waals surface area contributed by atoms with Crippen molar-refractivity contribution in [3.05, 3.63) is 78.6 Å². The van der Waals surface area contributed by atoms with Crippen LogP contribution in [0.5, 0.6) is 5.75 Å². The molecular weight excluding hydrogens is 839 g/mol. The molecule has 0 radical (unpaired) electrons. The number of unbranched alkanes of at least 4 members (excludes halogenated alkanes) is 14. The smallest absolute Gasteiger partial charge is 0.459 e. The molecule has 14 nitrogen and oxygen atoms in total. The topological polar surface area (TPSA) is 179 Å². The second-order valence-electron chi connectivity index (χ2n) is 16.8. The minimum absolute atomic E-state index is 0.0267. The average Bonchev–Trinajstić information content (AvgIpc) is 3.86. The molecule has 4 aromatic rings. The monoisotopic (exact) mass is 904 g/mol. The molecule has 1 saturated heterocycles. The third kappa shape index (κ3) is 15.4. The number of halogens is 1. The van der Waals surface area contributed by atoms with Crippen LogP contribution in [-0.2, 0) is 39.3 Å². The van der Waals surface area contributed by atoms with Crippen LogP contribution >= 0.6 is 7.75 Å². The van der Waals surface area contributed by atoms with E-state index >= 15 is 0 Å². The van der Waals surface area contributed by atoms with Crippen molar-refractivity contribution >= 4 is 36.7 Å². The van der Waals surface area contributed by atoms with E-state index in [2.05, 4.69) is 32.9 Å². The second-order valence-corrected chi connectivity index (χ2v) is 18.4. The fraction of sp³-hybridized carbons (Fsp3) is 0.562. The lowest BCUT2D eigenvalue weighted by Gasteiger charge is -2.31. The van der Waals surface area contributed by atoms with Crippen molar-refractivity contribution in [2.75, 3.05) is 12.3 Å². The number of benzene rings is 2. The molecule has 5 atom stereocenters. The molecule has 1 fully saturated rings. The number of ether oxygens (including phenoxy) is 3. The Morgan fingerprint density at radius 1 is 0.938 bits per heavy atom. The Balaban J connectivity index is 1.28. The molecule has 2 aromatic heterocycles. The largest absolute Gasteiger partial charge is 0.462 e. The number of hydrogen-bond donors (Lipinski definition) is 2. The van der Waals surface area contributed by atoms with E-state index in [-0.39, 0.29) is 42.0 Å². The summed E-state index contributed by atoms with van der Waals surface area (Å²) in [6.45, 7) is 5.02. The average molecular weight is 905 g/mol. The van der Waals surface area contributed by atoms with E-state index in [0.717, 1.165) is 24.8 Å². The molecule has 3 heterocycles. The predicted molar refractivity (Wildman–Crippen MR) is 244 cm³/mol. The van der Waals surface area contributed by atoms with Crippen LogP contribution in [0.25, 0.3) is 11.2 Å². The number of fused-ring (bicyclic) bond motifs is 1. The maximum Gasteiger partial charge on any atom is 0.459 e. The number of terminal acetylenes is 1. The molecule has 0 aliphatic carbocycles. The molecule has 2 aromatic carbocycles. The quantitative estimate of drug-likeness (QED) is 0.0173. The highest BCUT2D eigenvalue weighted by Gasteiger charge is 2.53. The number of rotatable bonds is 29. The van der Waals surface area contributed by atoms with Gasteiger partial charge in [0.15, 0.2) is 22.6 Å². The van der Waals surface area contributed by atoms with Gasteiger partial charge in [0, 0.05) is 12.8 Å². The van der Waals surface area contributed by atoms with Gasteiger partial charge >= 0.3 is 25.8 Å². The van der Waals surface area contributed by atoms with Gasteiger partial charge in [0.2, 0.25) is 0 Å². The normalized spacial score (nSPS) is 18.7. The lowest BCUT2D eigenvalue weighted by Crippen LogP contribution is -2.46. The molecule has 64 heavy (non-hydrogen) atoms. The number of nitrogens with one attached hydrogen (secondary N) is 1. The second kappa shape index (κ2) is 25.6. The fourth-order valence-electron chi connectivity index (χ4n) is 7.76. The number of nitrogens with zero attached hydrogens (tertiary/aromatic N) is 4. The van der Waals surface area contributed by atoms with Crippen LogP contribution in [0.3, 0.4) is 0 Å². The highest BCUT2D eigenvalue weighted by atomic mass is 31.2. The highest BCUT2D eigenvalue weighted by molar-refractivity contribution is 7.52. The van der Waals surface area contributed by atoms with Gasteiger partial charge in [-0.2, -0.15) is 19.4 Å². The molecule has 348 valence electrons. The van der Waals surface area contributed by atoms with Gasteiger partial charge in [-0.15, -0.1) is 6.42 Å². The van der Waals surface area contributed by atoms with Gasteiger partial charge in [-0.05, 0) is 44.4 Å². The minimum Gasteiger partial charge on any atom is -0.462 e. The Morgan fingerprint density at radius 3 is 2.12 bits per heavy atom. The Bertz CT molecular complexity index is 2140. The van der Waals surface area contributed by atoms with Gasteiger partial charge in [-0.25, -0.2) is 9.55 Å². The summed E-state index contributed by atoms with van der Waals surface area (Å²) in [5.74, 6) is 1.42. The third-order valence-corrected chi connectivity index (χ3v) is 12.7. The number of nitrogens with two attached hydrogens (primary N) is 1. The van der Waals surface area contributed by atoms with Gasteiger partial charge in [0.05, 0.1) is 12.4 Å². The van der Waals surface area contributed by atoms with Crippen molar-refractivity contribution in [3.63, 3.8) is 0 Å². The van der Waals surface area contributed by atoms with Crippen molar-refractivity contribution in [2.24, 2.45) is 0 Å². The summed E-state index contributed by atoms with van der Waals surface area (Å²) < 4.78 is 61.1. The van der Waals surface area contributed by atoms with Crippen molar-refractivity contribution < 1.29 is 41.8 Å². The van der Waals surface area contributed by atoms with E-state index in [1.165, 1.54) is 81.5 Å². The van der Waals surface area contributed by atoms with Crippen molar-refractivity contribution in [3.8, 4) is 18.1 Å². The molecule has 16 heteroatoms. The van der Waals surface area contributed by atoms with Crippen LogP contribution in [0, 0.1) is 18.4 Å². The molecule has 0 amide bonds. The van der Waals surface area contributed by atoms with Gasteiger partial charge in [0.1, 0.15) is 30.7 Å². The first-order valence-electron chi connectivity index (χ1n) is 23.0. The van der Waals surface area contributed by atoms with Crippen LogP contribution in [0.4, 0.5) is 10.2 Å². The number of carbonyl (C=O) groups is 2. The van der Waals surface area contributed by atoms with E-state index in [1.54, 1.807) is 44.2 Å². The van der Waals surface area contributed by atoms with E-state index < -0.39 is 62.4 Å². The van der Waals surface area contributed by atoms with E-state index in [1.807, 2.05) is 30.3 Å². The lowest BCUT2D eigenvalue weighted by atomic mass is 9.98. The van der Waals surface area contributed by atoms with Crippen molar-refractivity contribution in [1.29, 1.82) is 0 Å². The molecule has 5 rings (SSSR count). The first-order chi connectivity index (χ1) is 30.9. The minimum atomic E-state index is -4.55. The Labute approximate surface area is 377 Å². The maximum absolute atomic E-state index is 15.0. The standard InChI is InChI=1S/C48H66FN6O8P/c1-5-7-8-9-10-11-12-13-14-15-16-17-18-19-26-31-42(56)61-40-33-41(55-35-51-43-44(50)52-47(49)53-45(43)55)62-48(40,6-2)34-59-64(58,63-38-29-24-21-25-30-38)54-39(46(57)60-36(3)4)32-37-27-22-20-23-28-37/h2,20-25,27-30,35-36,39-41H,5,7-19,26,31-34H2,1,3-4H3,(H,54,58)(H2,50,52,53)/t39-,40?,41?,48?,64-/m0/s1. The molecule has 0 saturated carbocycles. The lowest BCUT2D eigenvalue weighted by molar-refractivity contribution is -0.158. The maximum atomic E-state index is 15.0. The van der Waals surface area contributed by atoms with Crippen LogP contribution in [0.2, 0.25) is 0 Å². The molecule has 1 aliphatic rings. The fourth-order valence-corrected chi connectivity index (χ4v) is 9.28. The SMILES string of the molecule is C#CC1(CO[P@@](=O)(N[C@@H](Cc2ccccc2)C(=O)OC(C)C)Oc2ccccc2)OC(n2cnc3c(N)nc(F)nc32)CC1OC(=O)CCCCCCCCCCCCCCCCC. The number of nitrogen functional groups attached to an aromatic ring is 1. The van der Waals surface area contributed by atoms with E-state index in [4.69, 9.17) is 35.4 Å². The number of hydrogen-bond acceptors (Lipinski definition) is 12. The summed E-state index contributed by atoms with van der Waals surface area (Å²) >= 11 is 0. The van der Waals surface area contributed by atoms with Crippen LogP contribution < -0.4 is 15.3 Å². The number of imidazole rings is 1. The first-order valence-corrected chi connectivity index (χ1v) is 24.5. The highest BCUT2D eigenvalue weighted by Crippen LogP contribution is 2.49. The summed E-state index contributed by atoms with van der Waals surface area (Å²) in [7, 11) is -4.55. The number of esters is 2. The van der Waals surface area contributed by atoms with E-state index in [0.29, 0.717) is 6.42 Å². The molecular formula is C48H66FN6O8P. The van der Waals surface area contributed by atoms with Crippen molar-refractivity contribution in [2.45, 2.75) is 166 Å². The summed E-state index contributed by atoms with van der Waals surface area (Å²) in [6.07, 6.45) is 21.9.